The number of likely N-dealkylation sites (tertiary alicyclic amines) is 2. The first-order chi connectivity index (χ1) is 14.9. The Morgan fingerprint density at radius 2 is 1.48 bits per heavy atom. The highest BCUT2D eigenvalue weighted by atomic mass is 35.5. The normalized spacial score (nSPS) is 19.5. The van der Waals surface area contributed by atoms with Crippen LogP contribution in [0.25, 0.3) is 0 Å². The molecule has 2 aromatic carbocycles. The van der Waals surface area contributed by atoms with Crippen molar-refractivity contribution in [2.45, 2.75) is 41.9 Å². The van der Waals surface area contributed by atoms with Crippen LogP contribution in [-0.2, 0) is 9.84 Å². The molecule has 2 aliphatic heterocycles. The number of halogens is 2. The number of hydrogen-bond donors (Lipinski definition) is 0. The second-order valence-electron chi connectivity index (χ2n) is 8.25. The van der Waals surface area contributed by atoms with Crippen molar-refractivity contribution in [3.05, 3.63) is 64.1 Å². The summed E-state index contributed by atoms with van der Waals surface area (Å²) in [7, 11) is -3.43. The van der Waals surface area contributed by atoms with Crippen LogP contribution < -0.4 is 0 Å². The standard InChI is InChI=1S/C23H26Cl2N2O3S/c24-21-7-6-20(16-22(21)25)31(29,30)19-10-14-26(15-11-19)18-8-12-27(13-9-18)23(28)17-4-2-1-3-5-17/h1-7,16,18-19H,8-15H2. The van der Waals surface area contributed by atoms with Crippen LogP contribution in [0, 0.1) is 0 Å². The van der Waals surface area contributed by atoms with Crippen LogP contribution in [0.5, 0.6) is 0 Å². The van der Waals surface area contributed by atoms with Gasteiger partial charge in [0.1, 0.15) is 0 Å². The second-order valence-corrected chi connectivity index (χ2v) is 11.3. The zero-order valence-electron chi connectivity index (χ0n) is 17.2. The minimum atomic E-state index is -3.43. The summed E-state index contributed by atoms with van der Waals surface area (Å²) < 4.78 is 26.0. The molecule has 5 nitrogen and oxygen atoms in total. The highest BCUT2D eigenvalue weighted by molar-refractivity contribution is 7.92. The lowest BCUT2D eigenvalue weighted by atomic mass is 9.99. The highest BCUT2D eigenvalue weighted by Crippen LogP contribution is 2.31. The molecular weight excluding hydrogens is 455 g/mol. The van der Waals surface area contributed by atoms with E-state index in [4.69, 9.17) is 23.2 Å². The fourth-order valence-corrected chi connectivity index (χ4v) is 6.71. The molecule has 2 heterocycles. The maximum atomic E-state index is 13.0. The zero-order valence-corrected chi connectivity index (χ0v) is 19.5. The number of hydrogen-bond acceptors (Lipinski definition) is 4. The Morgan fingerprint density at radius 3 is 2.10 bits per heavy atom. The van der Waals surface area contributed by atoms with E-state index in [1.165, 1.54) is 18.2 Å². The molecule has 0 radical (unpaired) electrons. The Bertz CT molecular complexity index is 1030. The summed E-state index contributed by atoms with van der Waals surface area (Å²) in [6.45, 7) is 2.98. The molecule has 2 aromatic rings. The molecule has 2 fully saturated rings. The van der Waals surface area contributed by atoms with Gasteiger partial charge in [0.05, 0.1) is 20.2 Å². The van der Waals surface area contributed by atoms with Gasteiger partial charge in [-0.25, -0.2) is 8.42 Å². The molecule has 31 heavy (non-hydrogen) atoms. The number of piperidine rings is 2. The van der Waals surface area contributed by atoms with Gasteiger partial charge in [-0.3, -0.25) is 4.79 Å². The van der Waals surface area contributed by atoms with Crippen molar-refractivity contribution in [1.82, 2.24) is 9.80 Å². The largest absolute Gasteiger partial charge is 0.339 e. The lowest BCUT2D eigenvalue weighted by molar-refractivity contribution is 0.0591. The van der Waals surface area contributed by atoms with Gasteiger partial charge in [0.2, 0.25) is 0 Å². The molecule has 0 N–H and O–H groups in total. The summed E-state index contributed by atoms with van der Waals surface area (Å²) in [6.07, 6.45) is 3.04. The Hall–Kier alpha value is -1.60. The molecule has 0 aromatic heterocycles. The highest BCUT2D eigenvalue weighted by Gasteiger charge is 2.35. The molecule has 0 atom stereocenters. The molecule has 0 unspecified atom stereocenters. The van der Waals surface area contributed by atoms with Gasteiger partial charge in [-0.2, -0.15) is 0 Å². The molecule has 0 saturated carbocycles. The predicted molar refractivity (Wildman–Crippen MR) is 124 cm³/mol. The number of carbonyl (C=O) groups excluding carboxylic acids is 1. The number of sulfone groups is 1. The van der Waals surface area contributed by atoms with Gasteiger partial charge in [0, 0.05) is 24.7 Å². The summed E-state index contributed by atoms with van der Waals surface area (Å²) in [5.74, 6) is 0.0884. The maximum Gasteiger partial charge on any atom is 0.253 e. The second kappa shape index (κ2) is 9.49. The third-order valence-corrected chi connectivity index (χ3v) is 9.42. The first kappa shape index (κ1) is 22.6. The van der Waals surface area contributed by atoms with Gasteiger partial charge in [0.25, 0.3) is 5.91 Å². The molecule has 0 aliphatic carbocycles. The lowest BCUT2D eigenvalue weighted by Crippen LogP contribution is -2.50. The van der Waals surface area contributed by atoms with Crippen molar-refractivity contribution in [2.24, 2.45) is 0 Å². The smallest absolute Gasteiger partial charge is 0.253 e. The average molecular weight is 481 g/mol. The van der Waals surface area contributed by atoms with Crippen LogP contribution in [0.1, 0.15) is 36.0 Å². The molecule has 8 heteroatoms. The monoisotopic (exact) mass is 480 g/mol. The average Bonchev–Trinajstić information content (AvgIpc) is 2.81. The van der Waals surface area contributed by atoms with Crippen molar-refractivity contribution in [3.63, 3.8) is 0 Å². The van der Waals surface area contributed by atoms with Gasteiger partial charge in [-0.05, 0) is 69.1 Å². The van der Waals surface area contributed by atoms with Crippen molar-refractivity contribution in [1.29, 1.82) is 0 Å². The summed E-state index contributed by atoms with van der Waals surface area (Å²) in [6, 6.07) is 14.3. The van der Waals surface area contributed by atoms with E-state index in [2.05, 4.69) is 4.90 Å². The first-order valence-corrected chi connectivity index (χ1v) is 12.9. The number of benzene rings is 2. The Balaban J connectivity index is 1.31. The Morgan fingerprint density at radius 1 is 0.839 bits per heavy atom. The quantitative estimate of drug-likeness (QED) is 0.644. The molecular formula is C23H26Cl2N2O3S. The Kier molecular flexibility index (Phi) is 6.92. The maximum absolute atomic E-state index is 13.0. The lowest BCUT2D eigenvalue weighted by Gasteiger charge is -2.41. The van der Waals surface area contributed by atoms with E-state index >= 15 is 0 Å². The topological polar surface area (TPSA) is 57.7 Å². The van der Waals surface area contributed by atoms with Gasteiger partial charge in [-0.15, -0.1) is 0 Å². The predicted octanol–water partition coefficient (Wildman–Crippen LogP) is 4.54. The summed E-state index contributed by atoms with van der Waals surface area (Å²) >= 11 is 12.0. The number of rotatable bonds is 4. The minimum Gasteiger partial charge on any atom is -0.339 e. The zero-order chi connectivity index (χ0) is 22.0. The van der Waals surface area contributed by atoms with E-state index < -0.39 is 15.1 Å². The van der Waals surface area contributed by atoms with Crippen LogP contribution in [0.4, 0.5) is 0 Å². The van der Waals surface area contributed by atoms with E-state index in [9.17, 15) is 13.2 Å². The minimum absolute atomic E-state index is 0.0884. The SMILES string of the molecule is O=C(c1ccccc1)N1CCC(N2CCC(S(=O)(=O)c3ccc(Cl)c(Cl)c3)CC2)CC1. The molecule has 166 valence electrons. The fraction of sp³-hybridized carbons (Fsp3) is 0.435. The fourth-order valence-electron chi connectivity index (χ4n) is 4.59. The van der Waals surface area contributed by atoms with Crippen LogP contribution in [0.15, 0.2) is 53.4 Å². The van der Waals surface area contributed by atoms with Crippen molar-refractivity contribution in [2.75, 3.05) is 26.2 Å². The molecule has 2 saturated heterocycles. The van der Waals surface area contributed by atoms with Gasteiger partial charge < -0.3 is 9.80 Å². The van der Waals surface area contributed by atoms with E-state index in [0.29, 0.717) is 23.9 Å². The van der Waals surface area contributed by atoms with E-state index in [0.717, 1.165) is 44.6 Å². The van der Waals surface area contributed by atoms with Gasteiger partial charge >= 0.3 is 0 Å². The molecule has 0 bridgehead atoms. The third kappa shape index (κ3) is 4.92. The van der Waals surface area contributed by atoms with Crippen molar-refractivity contribution >= 4 is 38.9 Å². The first-order valence-electron chi connectivity index (χ1n) is 10.6. The number of amides is 1. The summed E-state index contributed by atoms with van der Waals surface area (Å²) in [5, 5.41) is 0.213. The van der Waals surface area contributed by atoms with Crippen LogP contribution in [-0.4, -0.2) is 61.6 Å². The third-order valence-electron chi connectivity index (χ3n) is 6.42. The Labute approximate surface area is 193 Å². The van der Waals surface area contributed by atoms with Crippen molar-refractivity contribution in [3.8, 4) is 0 Å². The van der Waals surface area contributed by atoms with Crippen LogP contribution in [0.2, 0.25) is 10.0 Å². The molecule has 1 amide bonds. The van der Waals surface area contributed by atoms with E-state index in [1.807, 2.05) is 35.2 Å². The van der Waals surface area contributed by atoms with Crippen LogP contribution >= 0.6 is 23.2 Å². The van der Waals surface area contributed by atoms with Crippen LogP contribution in [0.3, 0.4) is 0 Å². The number of carbonyl (C=O) groups is 1. The molecule has 4 rings (SSSR count). The summed E-state index contributed by atoms with van der Waals surface area (Å²) in [4.78, 5) is 17.2. The summed E-state index contributed by atoms with van der Waals surface area (Å²) in [5.41, 5.74) is 0.731. The molecule has 0 spiro atoms. The van der Waals surface area contributed by atoms with E-state index in [-0.39, 0.29) is 15.8 Å². The van der Waals surface area contributed by atoms with E-state index in [1.54, 1.807) is 0 Å². The van der Waals surface area contributed by atoms with Gasteiger partial charge in [-0.1, -0.05) is 41.4 Å². The molecule has 2 aliphatic rings. The number of nitrogens with zero attached hydrogens (tertiary/aromatic N) is 2. The van der Waals surface area contributed by atoms with Crippen molar-refractivity contribution < 1.29 is 13.2 Å². The van der Waals surface area contributed by atoms with Gasteiger partial charge in [0.15, 0.2) is 9.84 Å².